The van der Waals surface area contributed by atoms with E-state index in [0.29, 0.717) is 12.5 Å². The van der Waals surface area contributed by atoms with Gasteiger partial charge in [0.25, 0.3) is 0 Å². The highest BCUT2D eigenvalue weighted by atomic mass is 14.9. The molecule has 2 rings (SSSR count). The van der Waals surface area contributed by atoms with Crippen LogP contribution in [0.3, 0.4) is 0 Å². The molecule has 1 heterocycles. The Kier molecular flexibility index (Phi) is 3.82. The number of nitrogens with two attached hydrogens (primary N) is 1. The fourth-order valence-corrected chi connectivity index (χ4v) is 2.08. The quantitative estimate of drug-likeness (QED) is 0.867. The maximum absolute atomic E-state index is 5.55. The van der Waals surface area contributed by atoms with Gasteiger partial charge in [-0.05, 0) is 24.9 Å². The second-order valence-electron chi connectivity index (χ2n) is 4.97. The lowest BCUT2D eigenvalue weighted by molar-refractivity contribution is 0.867. The number of benzene rings is 1. The molecule has 0 aliphatic heterocycles. The van der Waals surface area contributed by atoms with Gasteiger partial charge in [0.1, 0.15) is 5.82 Å². The number of aromatic amines is 1. The van der Waals surface area contributed by atoms with Gasteiger partial charge >= 0.3 is 0 Å². The Morgan fingerprint density at radius 1 is 1.22 bits per heavy atom. The van der Waals surface area contributed by atoms with E-state index >= 15 is 0 Å². The lowest BCUT2D eigenvalue weighted by Gasteiger charge is -2.06. The third-order valence-electron chi connectivity index (χ3n) is 3.17. The van der Waals surface area contributed by atoms with E-state index in [4.69, 9.17) is 5.73 Å². The SMILES string of the molecule is Cc1[nH]c(CCN)nc1-c1ccc(C(C)C)cc1. The molecule has 18 heavy (non-hydrogen) atoms. The number of aromatic nitrogens is 2. The van der Waals surface area contributed by atoms with Crippen LogP contribution in [0, 0.1) is 6.92 Å². The first kappa shape index (κ1) is 12.8. The highest BCUT2D eigenvalue weighted by Gasteiger charge is 2.09. The smallest absolute Gasteiger partial charge is 0.108 e. The first-order valence-corrected chi connectivity index (χ1v) is 6.47. The summed E-state index contributed by atoms with van der Waals surface area (Å²) < 4.78 is 0. The minimum absolute atomic E-state index is 0.562. The molecule has 0 saturated carbocycles. The largest absolute Gasteiger partial charge is 0.346 e. The summed E-state index contributed by atoms with van der Waals surface area (Å²) >= 11 is 0. The predicted octanol–water partition coefficient (Wildman–Crippen LogP) is 3.01. The Balaban J connectivity index is 2.30. The molecule has 1 aromatic heterocycles. The molecule has 3 nitrogen and oxygen atoms in total. The van der Waals surface area contributed by atoms with Crippen LogP contribution in [0.1, 0.15) is 36.8 Å². The number of imidazole rings is 1. The van der Waals surface area contributed by atoms with Gasteiger partial charge in [0.15, 0.2) is 0 Å². The third-order valence-corrected chi connectivity index (χ3v) is 3.17. The van der Waals surface area contributed by atoms with Crippen molar-refractivity contribution in [2.75, 3.05) is 6.54 Å². The second-order valence-corrected chi connectivity index (χ2v) is 4.97. The van der Waals surface area contributed by atoms with Gasteiger partial charge in [-0.15, -0.1) is 0 Å². The van der Waals surface area contributed by atoms with Crippen LogP contribution in [0.4, 0.5) is 0 Å². The number of rotatable bonds is 4. The lowest BCUT2D eigenvalue weighted by Crippen LogP contribution is -2.03. The van der Waals surface area contributed by atoms with Gasteiger partial charge in [-0.3, -0.25) is 0 Å². The minimum Gasteiger partial charge on any atom is -0.346 e. The van der Waals surface area contributed by atoms with E-state index in [0.717, 1.165) is 29.2 Å². The topological polar surface area (TPSA) is 54.7 Å². The van der Waals surface area contributed by atoms with Crippen LogP contribution in [-0.4, -0.2) is 16.5 Å². The molecule has 3 heteroatoms. The van der Waals surface area contributed by atoms with Gasteiger partial charge < -0.3 is 10.7 Å². The summed E-state index contributed by atoms with van der Waals surface area (Å²) in [7, 11) is 0. The van der Waals surface area contributed by atoms with Gasteiger partial charge in [0.05, 0.1) is 5.69 Å². The fraction of sp³-hybridized carbons (Fsp3) is 0.400. The second kappa shape index (κ2) is 5.36. The van der Waals surface area contributed by atoms with Crippen molar-refractivity contribution in [2.45, 2.75) is 33.1 Å². The fourth-order valence-electron chi connectivity index (χ4n) is 2.08. The van der Waals surface area contributed by atoms with Crippen molar-refractivity contribution in [3.05, 3.63) is 41.3 Å². The van der Waals surface area contributed by atoms with E-state index in [-0.39, 0.29) is 0 Å². The highest BCUT2D eigenvalue weighted by molar-refractivity contribution is 5.62. The van der Waals surface area contributed by atoms with E-state index < -0.39 is 0 Å². The number of hydrogen-bond donors (Lipinski definition) is 2. The maximum Gasteiger partial charge on any atom is 0.108 e. The molecule has 0 fully saturated rings. The molecule has 0 saturated heterocycles. The maximum atomic E-state index is 5.55. The van der Waals surface area contributed by atoms with E-state index in [2.05, 4.69) is 55.0 Å². The molecule has 3 N–H and O–H groups in total. The minimum atomic E-state index is 0.562. The molecular formula is C15H21N3. The molecule has 96 valence electrons. The Labute approximate surface area is 108 Å². The number of H-pyrrole nitrogens is 1. The number of hydrogen-bond acceptors (Lipinski definition) is 2. The van der Waals surface area contributed by atoms with Crippen LogP contribution in [0.5, 0.6) is 0 Å². The van der Waals surface area contributed by atoms with Gasteiger partial charge in [0.2, 0.25) is 0 Å². The van der Waals surface area contributed by atoms with Crippen molar-refractivity contribution in [1.29, 1.82) is 0 Å². The molecule has 0 aliphatic carbocycles. The van der Waals surface area contributed by atoms with Crippen molar-refractivity contribution >= 4 is 0 Å². The van der Waals surface area contributed by atoms with Crippen molar-refractivity contribution in [3.63, 3.8) is 0 Å². The summed E-state index contributed by atoms with van der Waals surface area (Å²) in [6.45, 7) is 7.08. The zero-order valence-electron chi connectivity index (χ0n) is 11.3. The standard InChI is InChI=1S/C15H21N3/c1-10(2)12-4-6-13(7-5-12)15-11(3)17-14(18-15)8-9-16/h4-7,10H,8-9,16H2,1-3H3,(H,17,18). The van der Waals surface area contributed by atoms with Crippen molar-refractivity contribution in [1.82, 2.24) is 9.97 Å². The van der Waals surface area contributed by atoms with E-state index in [1.807, 2.05) is 0 Å². The monoisotopic (exact) mass is 243 g/mol. The Hall–Kier alpha value is -1.61. The van der Waals surface area contributed by atoms with Crippen LogP contribution < -0.4 is 5.73 Å². The molecule has 1 aromatic carbocycles. The normalized spacial score (nSPS) is 11.2. The molecule has 0 amide bonds. The molecule has 0 bridgehead atoms. The number of aryl methyl sites for hydroxylation is 1. The van der Waals surface area contributed by atoms with Crippen molar-refractivity contribution in [3.8, 4) is 11.3 Å². The molecular weight excluding hydrogens is 222 g/mol. The first-order valence-electron chi connectivity index (χ1n) is 6.47. The zero-order chi connectivity index (χ0) is 13.1. The average molecular weight is 243 g/mol. The number of nitrogens with one attached hydrogen (secondary N) is 1. The van der Waals surface area contributed by atoms with E-state index in [1.54, 1.807) is 0 Å². The van der Waals surface area contributed by atoms with E-state index in [1.165, 1.54) is 5.56 Å². The Morgan fingerprint density at radius 3 is 2.44 bits per heavy atom. The predicted molar refractivity (Wildman–Crippen MR) is 75.6 cm³/mol. The molecule has 0 radical (unpaired) electrons. The first-order chi connectivity index (χ1) is 8.61. The molecule has 0 unspecified atom stereocenters. The van der Waals surface area contributed by atoms with Gasteiger partial charge in [-0.25, -0.2) is 4.98 Å². The van der Waals surface area contributed by atoms with Crippen LogP contribution in [0.15, 0.2) is 24.3 Å². The summed E-state index contributed by atoms with van der Waals surface area (Å²) in [5, 5.41) is 0. The summed E-state index contributed by atoms with van der Waals surface area (Å²) in [6.07, 6.45) is 0.797. The van der Waals surface area contributed by atoms with Gasteiger partial charge in [0, 0.05) is 17.7 Å². The third kappa shape index (κ3) is 2.62. The summed E-state index contributed by atoms with van der Waals surface area (Å²) in [6, 6.07) is 8.64. The van der Waals surface area contributed by atoms with Crippen LogP contribution >= 0.6 is 0 Å². The molecule has 0 aliphatic rings. The lowest BCUT2D eigenvalue weighted by atomic mass is 10.0. The van der Waals surface area contributed by atoms with Crippen LogP contribution in [0.25, 0.3) is 11.3 Å². The van der Waals surface area contributed by atoms with Gasteiger partial charge in [-0.2, -0.15) is 0 Å². The van der Waals surface area contributed by atoms with E-state index in [9.17, 15) is 0 Å². The molecule has 0 atom stereocenters. The summed E-state index contributed by atoms with van der Waals surface area (Å²) in [4.78, 5) is 7.90. The Morgan fingerprint density at radius 2 is 1.89 bits per heavy atom. The van der Waals surface area contributed by atoms with Crippen molar-refractivity contribution in [2.24, 2.45) is 5.73 Å². The highest BCUT2D eigenvalue weighted by Crippen LogP contribution is 2.23. The Bertz CT molecular complexity index is 509. The summed E-state index contributed by atoms with van der Waals surface area (Å²) in [5.74, 6) is 1.53. The zero-order valence-corrected chi connectivity index (χ0v) is 11.3. The van der Waals surface area contributed by atoms with Crippen LogP contribution in [-0.2, 0) is 6.42 Å². The van der Waals surface area contributed by atoms with Crippen molar-refractivity contribution < 1.29 is 0 Å². The average Bonchev–Trinajstić information content (AvgIpc) is 2.71. The molecule has 0 spiro atoms. The molecule has 2 aromatic rings. The van der Waals surface area contributed by atoms with Gasteiger partial charge in [-0.1, -0.05) is 38.1 Å². The number of nitrogens with zero attached hydrogens (tertiary/aromatic N) is 1. The van der Waals surface area contributed by atoms with Crippen LogP contribution in [0.2, 0.25) is 0 Å². The summed E-state index contributed by atoms with van der Waals surface area (Å²) in [5.41, 5.74) is 10.2.